The molecule has 0 spiro atoms. The van der Waals surface area contributed by atoms with E-state index in [1.807, 2.05) is 39.0 Å². The molecule has 8 nitrogen and oxygen atoms in total. The molecular formula is C33H51NO7. The third-order valence-corrected chi connectivity index (χ3v) is 8.20. The zero-order valence-electron chi connectivity index (χ0n) is 25.6. The summed E-state index contributed by atoms with van der Waals surface area (Å²) < 4.78 is 11.3. The van der Waals surface area contributed by atoms with Crippen molar-refractivity contribution >= 4 is 11.9 Å². The number of hydrogen-bond donors (Lipinski definition) is 4. The number of nitrogens with one attached hydrogen (secondary N) is 1. The maximum Gasteiger partial charge on any atom is 0.342 e. The third-order valence-electron chi connectivity index (χ3n) is 8.20. The number of allylic oxidation sites excluding steroid dienone is 2. The number of aryl methyl sites for hydroxylation is 1. The van der Waals surface area contributed by atoms with Crippen molar-refractivity contribution in [3.8, 4) is 11.5 Å². The van der Waals surface area contributed by atoms with E-state index in [1.54, 1.807) is 13.0 Å². The van der Waals surface area contributed by atoms with Gasteiger partial charge in [-0.1, -0.05) is 65.3 Å². The predicted octanol–water partition coefficient (Wildman–Crippen LogP) is 5.34. The van der Waals surface area contributed by atoms with Gasteiger partial charge in [-0.3, -0.25) is 4.79 Å². The number of phenols is 1. The lowest BCUT2D eigenvalue weighted by atomic mass is 9.86. The summed E-state index contributed by atoms with van der Waals surface area (Å²) in [5.41, 5.74) is 0.846. The molecule has 41 heavy (non-hydrogen) atoms. The van der Waals surface area contributed by atoms with Crippen molar-refractivity contribution in [1.29, 1.82) is 0 Å². The van der Waals surface area contributed by atoms with Crippen molar-refractivity contribution in [3.05, 3.63) is 47.6 Å². The number of methoxy groups -OCH3 is 1. The van der Waals surface area contributed by atoms with Crippen LogP contribution < -0.4 is 10.1 Å². The van der Waals surface area contributed by atoms with Gasteiger partial charge in [0.1, 0.15) is 23.2 Å². The van der Waals surface area contributed by atoms with Crippen LogP contribution in [0.4, 0.5) is 0 Å². The summed E-state index contributed by atoms with van der Waals surface area (Å²) in [4.78, 5) is 25.6. The summed E-state index contributed by atoms with van der Waals surface area (Å²) in [5, 5.41) is 34.7. The van der Waals surface area contributed by atoms with Crippen molar-refractivity contribution in [3.63, 3.8) is 0 Å². The number of carbonyl (C=O) groups is 2. The summed E-state index contributed by atoms with van der Waals surface area (Å²) in [6.45, 7) is 10.0. The maximum atomic E-state index is 13.4. The lowest BCUT2D eigenvalue weighted by molar-refractivity contribution is -0.127. The van der Waals surface area contributed by atoms with Crippen LogP contribution in [-0.2, 0) is 16.0 Å². The fraction of sp³-hybridized carbons (Fsp3) is 0.636. The van der Waals surface area contributed by atoms with E-state index < -0.39 is 30.2 Å². The Morgan fingerprint density at radius 3 is 2.56 bits per heavy atom. The Labute approximate surface area is 245 Å². The number of fused-ring (bicyclic) bond motifs is 1. The molecule has 0 radical (unpaired) electrons. The molecule has 1 amide bonds. The van der Waals surface area contributed by atoms with Crippen molar-refractivity contribution in [2.45, 2.75) is 97.9 Å². The van der Waals surface area contributed by atoms with E-state index in [1.165, 1.54) is 13.2 Å². The zero-order chi connectivity index (χ0) is 30.5. The zero-order valence-corrected chi connectivity index (χ0v) is 25.6. The van der Waals surface area contributed by atoms with Crippen LogP contribution in [-0.4, -0.2) is 59.2 Å². The van der Waals surface area contributed by atoms with Crippen molar-refractivity contribution < 1.29 is 34.4 Å². The van der Waals surface area contributed by atoms with E-state index in [0.717, 1.165) is 19.3 Å². The number of carbonyl (C=O) groups excluding carboxylic acids is 2. The molecule has 4 N–H and O–H groups in total. The summed E-state index contributed by atoms with van der Waals surface area (Å²) >= 11 is 0. The largest absolute Gasteiger partial charge is 0.507 e. The Morgan fingerprint density at radius 1 is 1.17 bits per heavy atom. The third kappa shape index (κ3) is 10.5. The number of amides is 1. The molecule has 1 heterocycles. The molecule has 8 heteroatoms. The van der Waals surface area contributed by atoms with Crippen LogP contribution in [0.1, 0.15) is 89.1 Å². The normalized spacial score (nSPS) is 22.7. The number of aromatic hydroxyl groups is 1. The van der Waals surface area contributed by atoms with Crippen LogP contribution in [0.5, 0.6) is 11.5 Å². The van der Waals surface area contributed by atoms with Crippen LogP contribution in [0.3, 0.4) is 0 Å². The Morgan fingerprint density at radius 2 is 1.88 bits per heavy atom. The van der Waals surface area contributed by atoms with E-state index in [9.17, 15) is 24.9 Å². The summed E-state index contributed by atoms with van der Waals surface area (Å²) in [6, 6.07) is 3.20. The molecule has 230 valence electrons. The van der Waals surface area contributed by atoms with Gasteiger partial charge in [-0.25, -0.2) is 4.79 Å². The lowest BCUT2D eigenvalue weighted by Crippen LogP contribution is -2.37. The number of aliphatic hydroxyl groups is 2. The molecule has 0 fully saturated rings. The smallest absolute Gasteiger partial charge is 0.342 e. The second-order valence-corrected chi connectivity index (χ2v) is 11.6. The monoisotopic (exact) mass is 573 g/mol. The molecule has 0 bridgehead atoms. The van der Waals surface area contributed by atoms with Crippen molar-refractivity contribution in [1.82, 2.24) is 5.32 Å². The topological polar surface area (TPSA) is 125 Å². The summed E-state index contributed by atoms with van der Waals surface area (Å²) in [5.74, 6) is -1.04. The molecule has 7 atom stereocenters. The number of rotatable bonds is 12. The van der Waals surface area contributed by atoms with Crippen LogP contribution in [0, 0.1) is 23.7 Å². The van der Waals surface area contributed by atoms with Gasteiger partial charge in [0.25, 0.3) is 0 Å². The first-order valence-corrected chi connectivity index (χ1v) is 15.0. The minimum atomic E-state index is -0.750. The average molecular weight is 574 g/mol. The molecule has 1 aliphatic heterocycles. The molecular weight excluding hydrogens is 522 g/mol. The quantitative estimate of drug-likeness (QED) is 0.197. The van der Waals surface area contributed by atoms with E-state index in [4.69, 9.17) is 9.47 Å². The van der Waals surface area contributed by atoms with Gasteiger partial charge in [0.2, 0.25) is 5.91 Å². The number of phenolic OH excluding ortho intramolecular Hbond substituents is 1. The number of ether oxygens (including phenoxy) is 2. The van der Waals surface area contributed by atoms with Crippen LogP contribution >= 0.6 is 0 Å². The SMILES string of the molecule is CCC[C@H](O)[C@@H](C)C(=O)NC/C=C\C[C@@H](C)[C@@H](O)[C@H](C)[C@@H]1C/C=C\C[C@H](C)CCc2cc(OC)cc(O)c2C(=O)O1. The average Bonchev–Trinajstić information content (AvgIpc) is 2.94. The van der Waals surface area contributed by atoms with Crippen LogP contribution in [0.2, 0.25) is 0 Å². The first-order chi connectivity index (χ1) is 19.5. The van der Waals surface area contributed by atoms with E-state index in [-0.39, 0.29) is 29.1 Å². The Bertz CT molecular complexity index is 1040. The Balaban J connectivity index is 2.07. The molecule has 0 saturated heterocycles. The molecule has 0 aliphatic carbocycles. The highest BCUT2D eigenvalue weighted by Gasteiger charge is 2.32. The van der Waals surface area contributed by atoms with Gasteiger partial charge in [-0.15, -0.1) is 0 Å². The second-order valence-electron chi connectivity index (χ2n) is 11.6. The predicted molar refractivity (Wildman–Crippen MR) is 161 cm³/mol. The molecule has 0 aromatic heterocycles. The van der Waals surface area contributed by atoms with Crippen molar-refractivity contribution in [2.75, 3.05) is 13.7 Å². The molecule has 0 saturated carbocycles. The van der Waals surface area contributed by atoms with Gasteiger partial charge < -0.3 is 30.1 Å². The molecule has 1 aromatic carbocycles. The Kier molecular flexibility index (Phi) is 14.4. The van der Waals surface area contributed by atoms with Crippen LogP contribution in [0.25, 0.3) is 0 Å². The highest BCUT2D eigenvalue weighted by Crippen LogP contribution is 2.33. The van der Waals surface area contributed by atoms with Crippen LogP contribution in [0.15, 0.2) is 36.4 Å². The van der Waals surface area contributed by atoms with E-state index in [0.29, 0.717) is 49.5 Å². The highest BCUT2D eigenvalue weighted by atomic mass is 16.5. The number of hydrogen-bond acceptors (Lipinski definition) is 7. The van der Waals surface area contributed by atoms with Gasteiger partial charge in [0, 0.05) is 24.9 Å². The highest BCUT2D eigenvalue weighted by molar-refractivity contribution is 5.94. The number of benzene rings is 1. The summed E-state index contributed by atoms with van der Waals surface area (Å²) in [6.07, 6.45) is 10.7. The van der Waals surface area contributed by atoms with E-state index >= 15 is 0 Å². The molecule has 0 unspecified atom stereocenters. The minimum absolute atomic E-state index is 0.128. The molecule has 1 aromatic rings. The minimum Gasteiger partial charge on any atom is -0.507 e. The second kappa shape index (κ2) is 17.2. The van der Waals surface area contributed by atoms with Gasteiger partial charge in [-0.2, -0.15) is 0 Å². The maximum absolute atomic E-state index is 13.4. The number of esters is 1. The lowest BCUT2D eigenvalue weighted by Gasteiger charge is -2.31. The van der Waals surface area contributed by atoms with Gasteiger partial charge in [0.05, 0.1) is 25.2 Å². The number of cyclic esters (lactones) is 1. The van der Waals surface area contributed by atoms with E-state index in [2.05, 4.69) is 18.3 Å². The first-order valence-electron chi connectivity index (χ1n) is 15.0. The fourth-order valence-electron chi connectivity index (χ4n) is 5.17. The standard InChI is InChI=1S/C33H51NO7/c1-7-12-27(35)23(4)32(38)34-18-11-10-14-22(3)31(37)24(5)29-15-9-8-13-21(2)16-17-25-19-26(40-6)20-28(36)30(25)33(39)41-29/h8-11,19-24,27,29,31,35-37H,7,12-18H2,1-6H3,(H,34,38)/b9-8-,11-10-/t21-,22+,23+,24+,27-,29-,31+/m0/s1. The van der Waals surface area contributed by atoms with Gasteiger partial charge in [-0.05, 0) is 55.6 Å². The molecule has 2 rings (SSSR count). The van der Waals surface area contributed by atoms with Crippen molar-refractivity contribution in [2.24, 2.45) is 23.7 Å². The summed E-state index contributed by atoms with van der Waals surface area (Å²) in [7, 11) is 1.52. The Hall–Kier alpha value is -2.84. The van der Waals surface area contributed by atoms with Gasteiger partial charge >= 0.3 is 5.97 Å². The number of aliphatic hydroxyl groups excluding tert-OH is 2. The first kappa shape index (κ1) is 34.4. The fourth-order valence-corrected chi connectivity index (χ4v) is 5.17. The van der Waals surface area contributed by atoms with Gasteiger partial charge in [0.15, 0.2) is 0 Å². The molecule has 1 aliphatic rings.